The summed E-state index contributed by atoms with van der Waals surface area (Å²) in [5.41, 5.74) is 2.57. The lowest BCUT2D eigenvalue weighted by molar-refractivity contribution is -0.136. The van der Waals surface area contributed by atoms with Crippen LogP contribution < -0.4 is 10.1 Å². The lowest BCUT2D eigenvalue weighted by Gasteiger charge is -2.29. The lowest BCUT2D eigenvalue weighted by atomic mass is 10.0. The zero-order valence-corrected chi connectivity index (χ0v) is 17.9. The molecule has 0 saturated carbocycles. The maximum Gasteiger partial charge on any atom is 0.255 e. The summed E-state index contributed by atoms with van der Waals surface area (Å²) in [6, 6.07) is 4.75. The van der Waals surface area contributed by atoms with Crippen molar-refractivity contribution in [2.24, 2.45) is 0 Å². The molecule has 5 rings (SSSR count). The van der Waals surface area contributed by atoms with Crippen molar-refractivity contribution in [3.05, 3.63) is 41.2 Å². The van der Waals surface area contributed by atoms with Crippen molar-refractivity contribution in [2.45, 2.75) is 38.0 Å². The third-order valence-electron chi connectivity index (χ3n) is 6.41. The molecule has 4 aliphatic heterocycles. The Morgan fingerprint density at radius 2 is 2.00 bits per heavy atom. The van der Waals surface area contributed by atoms with Crippen LogP contribution in [0.25, 0.3) is 0 Å². The molecule has 9 nitrogen and oxygen atoms in total. The van der Waals surface area contributed by atoms with E-state index in [9.17, 15) is 14.4 Å². The lowest BCUT2D eigenvalue weighted by Crippen LogP contribution is -2.52. The van der Waals surface area contributed by atoms with E-state index in [1.165, 1.54) is 10.5 Å². The number of nitrogens with zero attached hydrogens (tertiary/aromatic N) is 2. The molecule has 3 amide bonds. The minimum Gasteiger partial charge on any atom is -0.494 e. The molecule has 0 spiro atoms. The Kier molecular flexibility index (Phi) is 5.84. The smallest absolute Gasteiger partial charge is 0.255 e. The second kappa shape index (κ2) is 8.91. The summed E-state index contributed by atoms with van der Waals surface area (Å²) in [5, 5.41) is 2.33. The fourth-order valence-corrected chi connectivity index (χ4v) is 4.70. The van der Waals surface area contributed by atoms with Gasteiger partial charge in [-0.25, -0.2) is 0 Å². The minimum absolute atomic E-state index is 0.0646. The van der Waals surface area contributed by atoms with Gasteiger partial charge in [-0.3, -0.25) is 24.6 Å². The molecule has 1 N–H and O–H groups in total. The van der Waals surface area contributed by atoms with E-state index >= 15 is 0 Å². The molecule has 0 bridgehead atoms. The van der Waals surface area contributed by atoms with Crippen LogP contribution in [-0.4, -0.2) is 79.1 Å². The van der Waals surface area contributed by atoms with Crippen molar-refractivity contribution in [1.29, 1.82) is 0 Å². The SMILES string of the molecule is O=C1CCC(N2Cc3c(OCC4CC(CN5CCOCC5)=CO4)cccc3C2=O)C(=O)N1. The van der Waals surface area contributed by atoms with Gasteiger partial charge >= 0.3 is 0 Å². The molecular formula is C23H27N3O6. The summed E-state index contributed by atoms with van der Waals surface area (Å²) in [5.74, 6) is -0.275. The summed E-state index contributed by atoms with van der Waals surface area (Å²) < 4.78 is 17.3. The Hall–Kier alpha value is -2.91. The van der Waals surface area contributed by atoms with Gasteiger partial charge in [0.1, 0.15) is 24.5 Å². The maximum atomic E-state index is 12.9. The number of hydrogen-bond acceptors (Lipinski definition) is 7. The molecule has 2 saturated heterocycles. The second-order valence-corrected chi connectivity index (χ2v) is 8.62. The average Bonchev–Trinajstić information content (AvgIpc) is 3.38. The predicted octanol–water partition coefficient (Wildman–Crippen LogP) is 0.831. The number of nitrogens with one attached hydrogen (secondary N) is 1. The largest absolute Gasteiger partial charge is 0.494 e. The Morgan fingerprint density at radius 3 is 2.81 bits per heavy atom. The molecule has 0 radical (unpaired) electrons. The number of hydrogen-bond donors (Lipinski definition) is 1. The number of carbonyl (C=O) groups excluding carboxylic acids is 3. The number of ether oxygens (including phenoxy) is 3. The van der Waals surface area contributed by atoms with Crippen LogP contribution in [0.2, 0.25) is 0 Å². The Balaban J connectivity index is 1.18. The quantitative estimate of drug-likeness (QED) is 0.653. The maximum absolute atomic E-state index is 12.9. The standard InChI is InChI=1S/C23H27N3O6/c27-21-5-4-19(22(28)24-21)26-12-18-17(23(26)29)2-1-3-20(18)32-14-16-10-15(13-31-16)11-25-6-8-30-9-7-25/h1-3,13,16,19H,4-12,14H2,(H,24,27,28). The Morgan fingerprint density at radius 1 is 1.16 bits per heavy atom. The molecule has 2 atom stereocenters. The number of morpholine rings is 1. The highest BCUT2D eigenvalue weighted by atomic mass is 16.5. The van der Waals surface area contributed by atoms with Crippen molar-refractivity contribution < 1.29 is 28.6 Å². The first kappa shape index (κ1) is 21.0. The summed E-state index contributed by atoms with van der Waals surface area (Å²) in [4.78, 5) is 40.5. The molecule has 170 valence electrons. The zero-order chi connectivity index (χ0) is 22.1. The zero-order valence-electron chi connectivity index (χ0n) is 17.9. The monoisotopic (exact) mass is 441 g/mol. The number of carbonyl (C=O) groups is 3. The molecular weight excluding hydrogens is 414 g/mol. The van der Waals surface area contributed by atoms with Gasteiger partial charge in [0.25, 0.3) is 5.91 Å². The topological polar surface area (TPSA) is 97.4 Å². The van der Waals surface area contributed by atoms with E-state index in [2.05, 4.69) is 10.2 Å². The fourth-order valence-electron chi connectivity index (χ4n) is 4.70. The fraction of sp³-hybridized carbons (Fsp3) is 0.522. The molecule has 32 heavy (non-hydrogen) atoms. The first-order valence-electron chi connectivity index (χ1n) is 11.1. The van der Waals surface area contributed by atoms with Crippen LogP contribution in [0.1, 0.15) is 35.2 Å². The molecule has 0 aromatic heterocycles. The van der Waals surface area contributed by atoms with Crippen molar-refractivity contribution in [1.82, 2.24) is 15.1 Å². The molecule has 4 heterocycles. The van der Waals surface area contributed by atoms with Crippen LogP contribution in [-0.2, 0) is 25.6 Å². The average molecular weight is 441 g/mol. The van der Waals surface area contributed by atoms with E-state index in [0.717, 1.165) is 44.8 Å². The number of piperidine rings is 1. The van der Waals surface area contributed by atoms with E-state index in [0.29, 0.717) is 30.9 Å². The van der Waals surface area contributed by atoms with E-state index in [1.807, 2.05) is 12.3 Å². The van der Waals surface area contributed by atoms with Gasteiger partial charge in [-0.15, -0.1) is 0 Å². The summed E-state index contributed by atoms with van der Waals surface area (Å²) in [6.07, 6.45) is 3.17. The highest BCUT2D eigenvalue weighted by molar-refractivity contribution is 6.05. The molecule has 9 heteroatoms. The third-order valence-corrected chi connectivity index (χ3v) is 6.41. The van der Waals surface area contributed by atoms with Crippen molar-refractivity contribution in [3.63, 3.8) is 0 Å². The van der Waals surface area contributed by atoms with Crippen LogP contribution >= 0.6 is 0 Å². The summed E-state index contributed by atoms with van der Waals surface area (Å²) >= 11 is 0. The van der Waals surface area contributed by atoms with E-state index in [4.69, 9.17) is 14.2 Å². The van der Waals surface area contributed by atoms with Crippen molar-refractivity contribution in [3.8, 4) is 5.75 Å². The number of fused-ring (bicyclic) bond motifs is 1. The van der Waals surface area contributed by atoms with Gasteiger partial charge in [0.2, 0.25) is 11.8 Å². The van der Waals surface area contributed by atoms with E-state index in [-0.39, 0.29) is 24.3 Å². The first-order chi connectivity index (χ1) is 15.6. The number of rotatable bonds is 6. The van der Waals surface area contributed by atoms with Crippen LogP contribution in [0.4, 0.5) is 0 Å². The third kappa shape index (κ3) is 4.22. The normalized spacial score (nSPS) is 25.9. The highest BCUT2D eigenvalue weighted by Gasteiger charge is 2.40. The molecule has 1 aromatic rings. The van der Waals surface area contributed by atoms with Crippen LogP contribution in [0, 0.1) is 0 Å². The highest BCUT2D eigenvalue weighted by Crippen LogP contribution is 2.34. The Bertz CT molecular complexity index is 955. The van der Waals surface area contributed by atoms with Gasteiger partial charge in [-0.2, -0.15) is 0 Å². The van der Waals surface area contributed by atoms with Crippen LogP contribution in [0.3, 0.4) is 0 Å². The Labute approximate surface area is 186 Å². The minimum atomic E-state index is -0.634. The molecule has 0 aliphatic carbocycles. The number of amides is 3. The number of imide groups is 1. The van der Waals surface area contributed by atoms with Crippen LogP contribution in [0.15, 0.2) is 30.0 Å². The van der Waals surface area contributed by atoms with Crippen molar-refractivity contribution in [2.75, 3.05) is 39.5 Å². The molecule has 2 unspecified atom stereocenters. The van der Waals surface area contributed by atoms with E-state index < -0.39 is 11.9 Å². The summed E-state index contributed by atoms with van der Waals surface area (Å²) in [6.45, 7) is 4.98. The molecule has 4 aliphatic rings. The van der Waals surface area contributed by atoms with E-state index in [1.54, 1.807) is 12.1 Å². The van der Waals surface area contributed by atoms with Crippen molar-refractivity contribution >= 4 is 17.7 Å². The van der Waals surface area contributed by atoms with Crippen LogP contribution in [0.5, 0.6) is 5.75 Å². The summed E-state index contributed by atoms with van der Waals surface area (Å²) in [7, 11) is 0. The molecule has 2 fully saturated rings. The first-order valence-corrected chi connectivity index (χ1v) is 11.1. The van der Waals surface area contributed by atoms with Gasteiger partial charge in [-0.1, -0.05) is 6.07 Å². The second-order valence-electron chi connectivity index (χ2n) is 8.62. The van der Waals surface area contributed by atoms with Gasteiger partial charge in [0, 0.05) is 43.6 Å². The van der Waals surface area contributed by atoms with Gasteiger partial charge in [0.15, 0.2) is 0 Å². The number of benzene rings is 1. The van der Waals surface area contributed by atoms with Gasteiger partial charge < -0.3 is 19.1 Å². The predicted molar refractivity (Wildman–Crippen MR) is 113 cm³/mol. The van der Waals surface area contributed by atoms with Gasteiger partial charge in [-0.05, 0) is 24.1 Å². The molecule has 1 aromatic carbocycles. The van der Waals surface area contributed by atoms with Gasteiger partial charge in [0.05, 0.1) is 26.0 Å².